The van der Waals surface area contributed by atoms with Crippen molar-refractivity contribution in [2.45, 2.75) is 77.7 Å². The van der Waals surface area contributed by atoms with Crippen LogP contribution in [0.3, 0.4) is 0 Å². The minimum absolute atomic E-state index is 0.00455. The standard InChI is InChI=1S/C21H33NO3/c1-3-4-5-6-7-8-9-10-15-22-19(21(24)25)16-20(23)18-13-11-17(2)12-14-18/h11-14,19,22H,3-10,15-16H2,1-2H3,(H,24,25)/t19-/m0/s1. The van der Waals surface area contributed by atoms with E-state index in [1.54, 1.807) is 12.1 Å². The van der Waals surface area contributed by atoms with Crippen molar-refractivity contribution in [1.29, 1.82) is 0 Å². The van der Waals surface area contributed by atoms with E-state index in [-0.39, 0.29) is 12.2 Å². The molecule has 0 fully saturated rings. The Hall–Kier alpha value is -1.68. The van der Waals surface area contributed by atoms with Crippen LogP contribution in [-0.4, -0.2) is 29.4 Å². The summed E-state index contributed by atoms with van der Waals surface area (Å²) in [6.07, 6.45) is 9.71. The van der Waals surface area contributed by atoms with Crippen molar-refractivity contribution in [2.24, 2.45) is 0 Å². The van der Waals surface area contributed by atoms with Gasteiger partial charge in [-0.2, -0.15) is 0 Å². The Morgan fingerprint density at radius 1 is 0.960 bits per heavy atom. The third-order valence-corrected chi connectivity index (χ3v) is 4.48. The van der Waals surface area contributed by atoms with Crippen LogP contribution in [-0.2, 0) is 4.79 Å². The number of hydrogen-bond donors (Lipinski definition) is 2. The highest BCUT2D eigenvalue weighted by Gasteiger charge is 2.21. The summed E-state index contributed by atoms with van der Waals surface area (Å²) >= 11 is 0. The number of unbranched alkanes of at least 4 members (excludes halogenated alkanes) is 7. The van der Waals surface area contributed by atoms with Gasteiger partial charge in [0.15, 0.2) is 5.78 Å². The van der Waals surface area contributed by atoms with Crippen molar-refractivity contribution in [2.75, 3.05) is 6.54 Å². The maximum absolute atomic E-state index is 12.2. The number of ketones is 1. The van der Waals surface area contributed by atoms with Crippen molar-refractivity contribution >= 4 is 11.8 Å². The van der Waals surface area contributed by atoms with Gasteiger partial charge in [0.05, 0.1) is 0 Å². The number of carboxylic acid groups (broad SMARTS) is 1. The summed E-state index contributed by atoms with van der Waals surface area (Å²) < 4.78 is 0. The lowest BCUT2D eigenvalue weighted by atomic mass is 10.0. The molecule has 1 atom stereocenters. The molecule has 0 aliphatic carbocycles. The first-order chi connectivity index (χ1) is 12.0. The van der Waals surface area contributed by atoms with Gasteiger partial charge in [-0.25, -0.2) is 0 Å². The van der Waals surface area contributed by atoms with Crippen LogP contribution in [0.5, 0.6) is 0 Å². The highest BCUT2D eigenvalue weighted by atomic mass is 16.4. The minimum atomic E-state index is -0.958. The number of carboxylic acids is 1. The summed E-state index contributed by atoms with van der Waals surface area (Å²) in [5.41, 5.74) is 1.66. The lowest BCUT2D eigenvalue weighted by Gasteiger charge is -2.14. The molecule has 0 saturated carbocycles. The van der Waals surface area contributed by atoms with Crippen molar-refractivity contribution in [3.63, 3.8) is 0 Å². The van der Waals surface area contributed by atoms with Gasteiger partial charge in [-0.15, -0.1) is 0 Å². The Morgan fingerprint density at radius 2 is 1.52 bits per heavy atom. The Balaban J connectivity index is 2.25. The number of Topliss-reactive ketones (excluding diaryl/α,β-unsaturated/α-hetero) is 1. The monoisotopic (exact) mass is 347 g/mol. The molecular formula is C21H33NO3. The van der Waals surface area contributed by atoms with Gasteiger partial charge < -0.3 is 10.4 Å². The fourth-order valence-corrected chi connectivity index (χ4v) is 2.82. The number of carbonyl (C=O) groups is 2. The van der Waals surface area contributed by atoms with Gasteiger partial charge in [0.2, 0.25) is 0 Å². The van der Waals surface area contributed by atoms with Crippen LogP contribution in [0.1, 0.15) is 80.6 Å². The van der Waals surface area contributed by atoms with E-state index in [1.165, 1.54) is 38.5 Å². The first-order valence-corrected chi connectivity index (χ1v) is 9.60. The second kappa shape index (κ2) is 12.6. The van der Waals surface area contributed by atoms with Crippen LogP contribution in [0.25, 0.3) is 0 Å². The number of benzene rings is 1. The summed E-state index contributed by atoms with van der Waals surface area (Å²) in [5.74, 6) is -1.09. The van der Waals surface area contributed by atoms with Crippen LogP contribution in [0, 0.1) is 6.92 Å². The molecule has 4 heteroatoms. The first-order valence-electron chi connectivity index (χ1n) is 9.60. The molecule has 0 aromatic heterocycles. The van der Waals surface area contributed by atoms with Gasteiger partial charge in [-0.1, -0.05) is 81.7 Å². The molecule has 0 bridgehead atoms. The molecule has 1 rings (SSSR count). The SMILES string of the molecule is CCCCCCCCCCN[C@@H](CC(=O)c1ccc(C)cc1)C(=O)O. The number of carbonyl (C=O) groups excluding carboxylic acids is 1. The molecule has 1 aromatic rings. The van der Waals surface area contributed by atoms with E-state index in [1.807, 2.05) is 19.1 Å². The molecule has 0 saturated heterocycles. The molecule has 2 N–H and O–H groups in total. The van der Waals surface area contributed by atoms with Crippen molar-refractivity contribution in [1.82, 2.24) is 5.32 Å². The first kappa shape index (κ1) is 21.4. The molecule has 0 radical (unpaired) electrons. The van der Waals surface area contributed by atoms with Crippen LogP contribution < -0.4 is 5.32 Å². The number of nitrogens with one attached hydrogen (secondary N) is 1. The van der Waals surface area contributed by atoms with E-state index in [0.717, 1.165) is 18.4 Å². The molecule has 0 unspecified atom stereocenters. The third-order valence-electron chi connectivity index (χ3n) is 4.48. The lowest BCUT2D eigenvalue weighted by molar-refractivity contribution is -0.139. The third kappa shape index (κ3) is 9.40. The smallest absolute Gasteiger partial charge is 0.321 e. The molecule has 0 aliphatic rings. The van der Waals surface area contributed by atoms with E-state index in [2.05, 4.69) is 12.2 Å². The topological polar surface area (TPSA) is 66.4 Å². The quantitative estimate of drug-likeness (QED) is 0.376. The summed E-state index contributed by atoms with van der Waals surface area (Å²) in [5, 5.41) is 12.3. The molecule has 0 aliphatic heterocycles. The number of aryl methyl sites for hydroxylation is 1. The van der Waals surface area contributed by atoms with Gasteiger partial charge >= 0.3 is 5.97 Å². The summed E-state index contributed by atoms with van der Waals surface area (Å²) in [4.78, 5) is 23.6. The molecule has 0 heterocycles. The zero-order valence-corrected chi connectivity index (χ0v) is 15.7. The van der Waals surface area contributed by atoms with E-state index >= 15 is 0 Å². The molecule has 25 heavy (non-hydrogen) atoms. The summed E-state index contributed by atoms with van der Waals surface area (Å²) in [7, 11) is 0. The van der Waals surface area contributed by atoms with Crippen molar-refractivity contribution in [3.05, 3.63) is 35.4 Å². The van der Waals surface area contributed by atoms with Crippen LogP contribution in [0.15, 0.2) is 24.3 Å². The average molecular weight is 347 g/mol. The molecule has 140 valence electrons. The van der Waals surface area contributed by atoms with Gasteiger partial charge in [0, 0.05) is 12.0 Å². The number of rotatable bonds is 14. The fraction of sp³-hybridized carbons (Fsp3) is 0.619. The molecule has 0 spiro atoms. The summed E-state index contributed by atoms with van der Waals surface area (Å²) in [6, 6.07) is 6.45. The second-order valence-corrected chi connectivity index (χ2v) is 6.81. The Labute approximate surface area is 152 Å². The van der Waals surface area contributed by atoms with Crippen LogP contribution in [0.2, 0.25) is 0 Å². The van der Waals surface area contributed by atoms with Crippen LogP contribution >= 0.6 is 0 Å². The number of hydrogen-bond acceptors (Lipinski definition) is 3. The van der Waals surface area contributed by atoms with E-state index in [9.17, 15) is 14.7 Å². The van der Waals surface area contributed by atoms with E-state index < -0.39 is 12.0 Å². The van der Waals surface area contributed by atoms with E-state index in [4.69, 9.17) is 0 Å². The van der Waals surface area contributed by atoms with Gasteiger partial charge in [0.1, 0.15) is 6.04 Å². The molecular weight excluding hydrogens is 314 g/mol. The highest BCUT2D eigenvalue weighted by Crippen LogP contribution is 2.10. The fourth-order valence-electron chi connectivity index (χ4n) is 2.82. The van der Waals surface area contributed by atoms with Gasteiger partial charge in [-0.3, -0.25) is 9.59 Å². The molecule has 4 nitrogen and oxygen atoms in total. The maximum Gasteiger partial charge on any atom is 0.321 e. The van der Waals surface area contributed by atoms with Crippen LogP contribution in [0.4, 0.5) is 0 Å². The Morgan fingerprint density at radius 3 is 2.08 bits per heavy atom. The zero-order valence-electron chi connectivity index (χ0n) is 15.7. The van der Waals surface area contributed by atoms with E-state index in [0.29, 0.717) is 12.1 Å². The van der Waals surface area contributed by atoms with Crippen molar-refractivity contribution in [3.8, 4) is 0 Å². The Bertz CT molecular complexity index is 510. The largest absolute Gasteiger partial charge is 0.480 e. The normalized spacial score (nSPS) is 12.1. The lowest BCUT2D eigenvalue weighted by Crippen LogP contribution is -2.39. The maximum atomic E-state index is 12.2. The number of aliphatic carboxylic acids is 1. The second-order valence-electron chi connectivity index (χ2n) is 6.81. The minimum Gasteiger partial charge on any atom is -0.480 e. The zero-order chi connectivity index (χ0) is 18.5. The summed E-state index contributed by atoms with van der Waals surface area (Å²) in [6.45, 7) is 4.82. The van der Waals surface area contributed by atoms with Gasteiger partial charge in [0.25, 0.3) is 0 Å². The highest BCUT2D eigenvalue weighted by molar-refractivity contribution is 5.98. The van der Waals surface area contributed by atoms with Gasteiger partial charge in [-0.05, 0) is 19.9 Å². The molecule has 0 amide bonds. The molecule has 1 aromatic carbocycles. The predicted octanol–water partition coefficient (Wildman–Crippen LogP) is 4.75. The van der Waals surface area contributed by atoms with Crippen molar-refractivity contribution < 1.29 is 14.7 Å². The average Bonchev–Trinajstić information content (AvgIpc) is 2.59. The Kier molecular flexibility index (Phi) is 10.8. The predicted molar refractivity (Wildman–Crippen MR) is 102 cm³/mol.